The Morgan fingerprint density at radius 1 is 1.25 bits per heavy atom. The molecular weight excluding hydrogens is 306 g/mol. The van der Waals surface area contributed by atoms with Gasteiger partial charge in [0.25, 0.3) is 5.91 Å². The number of rotatable bonds is 6. The first kappa shape index (κ1) is 15.7. The fourth-order valence-electron chi connectivity index (χ4n) is 2.25. The average molecular weight is 323 g/mol. The Labute approximate surface area is 138 Å². The highest BCUT2D eigenvalue weighted by Crippen LogP contribution is 2.15. The maximum atomic E-state index is 12.0. The molecule has 2 aromatic carbocycles. The smallest absolute Gasteiger partial charge is 0.261 e. The van der Waals surface area contributed by atoms with Crippen LogP contribution < -0.4 is 10.2 Å². The molecule has 1 amide bonds. The van der Waals surface area contributed by atoms with Crippen LogP contribution in [0.4, 0.5) is 0 Å². The Morgan fingerprint density at radius 3 is 2.92 bits per heavy atom. The number of hydrazone groups is 1. The van der Waals surface area contributed by atoms with E-state index in [-0.39, 0.29) is 12.5 Å². The lowest BCUT2D eigenvalue weighted by Crippen LogP contribution is -2.23. The molecule has 3 rings (SSSR count). The van der Waals surface area contributed by atoms with E-state index in [1.807, 2.05) is 55.5 Å². The lowest BCUT2D eigenvalue weighted by Gasteiger charge is -2.06. The van der Waals surface area contributed by atoms with Gasteiger partial charge in [0, 0.05) is 5.56 Å². The highest BCUT2D eigenvalue weighted by atomic mass is 16.5. The van der Waals surface area contributed by atoms with Crippen LogP contribution in [-0.4, -0.2) is 33.7 Å². The zero-order valence-electron chi connectivity index (χ0n) is 13.2. The van der Waals surface area contributed by atoms with Gasteiger partial charge in [-0.05, 0) is 31.2 Å². The summed E-state index contributed by atoms with van der Waals surface area (Å²) in [7, 11) is 0. The van der Waals surface area contributed by atoms with Crippen LogP contribution in [0.3, 0.4) is 0 Å². The lowest BCUT2D eigenvalue weighted by molar-refractivity contribution is -0.121. The number of carbonyl (C=O) groups is 1. The maximum Gasteiger partial charge on any atom is 0.261 e. The number of nitrogens with one attached hydrogen (secondary N) is 1. The third kappa shape index (κ3) is 3.57. The summed E-state index contributed by atoms with van der Waals surface area (Å²) < 4.78 is 7.04. The minimum atomic E-state index is -0.282. The van der Waals surface area contributed by atoms with Gasteiger partial charge in [-0.25, -0.2) is 10.1 Å². The second kappa shape index (κ2) is 7.36. The van der Waals surface area contributed by atoms with Gasteiger partial charge in [0.15, 0.2) is 0 Å². The summed E-state index contributed by atoms with van der Waals surface area (Å²) in [5.41, 5.74) is 4.84. The number of benzene rings is 2. The first-order chi connectivity index (χ1) is 11.8. The molecule has 0 aliphatic rings. The lowest BCUT2D eigenvalue weighted by atomic mass is 10.2. The Hall–Kier alpha value is -3.22. The zero-order chi connectivity index (χ0) is 16.8. The molecule has 122 valence electrons. The SMILES string of the molecule is CCOc1ccccc1/C=N\NC(=O)Cn1nnc2ccccc21. The number of nitrogens with zero attached hydrogens (tertiary/aromatic N) is 4. The molecule has 1 aromatic heterocycles. The number of amides is 1. The molecule has 0 bridgehead atoms. The van der Waals surface area contributed by atoms with Crippen molar-refractivity contribution in [3.05, 3.63) is 54.1 Å². The number of para-hydroxylation sites is 2. The van der Waals surface area contributed by atoms with Crippen molar-refractivity contribution < 1.29 is 9.53 Å². The molecule has 1 heterocycles. The molecule has 7 heteroatoms. The Balaban J connectivity index is 1.63. The highest BCUT2D eigenvalue weighted by Gasteiger charge is 2.07. The molecule has 0 atom stereocenters. The predicted molar refractivity (Wildman–Crippen MR) is 90.9 cm³/mol. The van der Waals surface area contributed by atoms with Crippen LogP contribution in [0.2, 0.25) is 0 Å². The summed E-state index contributed by atoms with van der Waals surface area (Å²) in [5, 5.41) is 12.0. The largest absolute Gasteiger partial charge is 0.493 e. The second-order valence-corrected chi connectivity index (χ2v) is 5.00. The van der Waals surface area contributed by atoms with Crippen LogP contribution in [0.15, 0.2) is 53.6 Å². The van der Waals surface area contributed by atoms with Crippen molar-refractivity contribution in [1.82, 2.24) is 20.4 Å². The quantitative estimate of drug-likeness (QED) is 0.555. The molecule has 0 saturated carbocycles. The molecule has 7 nitrogen and oxygen atoms in total. The van der Waals surface area contributed by atoms with Crippen molar-refractivity contribution in [2.24, 2.45) is 5.10 Å². The molecule has 1 N–H and O–H groups in total. The predicted octanol–water partition coefficient (Wildman–Crippen LogP) is 1.98. The standard InChI is InChI=1S/C17H17N5O2/c1-2-24-16-10-6-3-7-13(16)11-18-20-17(23)12-22-15-9-5-4-8-14(15)19-21-22/h3-11H,2,12H2,1H3,(H,20,23)/b18-11-. The van der Waals surface area contributed by atoms with Gasteiger partial charge in [0.05, 0.1) is 18.3 Å². The molecule has 0 aliphatic carbocycles. The number of ether oxygens (including phenoxy) is 1. The summed E-state index contributed by atoms with van der Waals surface area (Å²) in [5.74, 6) is 0.441. The minimum absolute atomic E-state index is 0.0466. The highest BCUT2D eigenvalue weighted by molar-refractivity contribution is 5.85. The van der Waals surface area contributed by atoms with Crippen molar-refractivity contribution in [1.29, 1.82) is 0 Å². The van der Waals surface area contributed by atoms with Crippen LogP contribution in [0.1, 0.15) is 12.5 Å². The number of aromatic nitrogens is 3. The van der Waals surface area contributed by atoms with Crippen molar-refractivity contribution in [2.45, 2.75) is 13.5 Å². The van der Waals surface area contributed by atoms with E-state index in [4.69, 9.17) is 4.74 Å². The van der Waals surface area contributed by atoms with Gasteiger partial charge in [-0.3, -0.25) is 4.79 Å². The summed E-state index contributed by atoms with van der Waals surface area (Å²) in [6.45, 7) is 2.53. The van der Waals surface area contributed by atoms with Crippen LogP contribution in [-0.2, 0) is 11.3 Å². The molecule has 24 heavy (non-hydrogen) atoms. The number of hydrogen-bond donors (Lipinski definition) is 1. The topological polar surface area (TPSA) is 81.4 Å². The minimum Gasteiger partial charge on any atom is -0.493 e. The average Bonchev–Trinajstić information content (AvgIpc) is 3.00. The van der Waals surface area contributed by atoms with Crippen molar-refractivity contribution in [3.63, 3.8) is 0 Å². The van der Waals surface area contributed by atoms with Crippen LogP contribution >= 0.6 is 0 Å². The normalized spacial score (nSPS) is 11.0. The Bertz CT molecular complexity index is 872. The van der Waals surface area contributed by atoms with Crippen LogP contribution in [0, 0.1) is 0 Å². The molecule has 0 unspecified atom stereocenters. The van der Waals surface area contributed by atoms with Crippen molar-refractivity contribution in [2.75, 3.05) is 6.61 Å². The zero-order valence-corrected chi connectivity index (χ0v) is 13.2. The van der Waals surface area contributed by atoms with Gasteiger partial charge < -0.3 is 4.74 Å². The van der Waals surface area contributed by atoms with E-state index in [0.29, 0.717) is 6.61 Å². The van der Waals surface area contributed by atoms with Crippen molar-refractivity contribution >= 4 is 23.2 Å². The first-order valence-electron chi connectivity index (χ1n) is 7.60. The van der Waals surface area contributed by atoms with E-state index >= 15 is 0 Å². The molecule has 0 saturated heterocycles. The summed E-state index contributed by atoms with van der Waals surface area (Å²) in [4.78, 5) is 12.0. The van der Waals surface area contributed by atoms with E-state index in [1.165, 1.54) is 4.68 Å². The Morgan fingerprint density at radius 2 is 2.04 bits per heavy atom. The van der Waals surface area contributed by atoms with Crippen molar-refractivity contribution in [3.8, 4) is 5.75 Å². The molecular formula is C17H17N5O2. The molecule has 0 aliphatic heterocycles. The van der Waals surface area contributed by atoms with Crippen LogP contribution in [0.5, 0.6) is 5.75 Å². The van der Waals surface area contributed by atoms with Crippen LogP contribution in [0.25, 0.3) is 11.0 Å². The second-order valence-electron chi connectivity index (χ2n) is 5.00. The summed E-state index contributed by atoms with van der Waals surface area (Å²) in [6.07, 6.45) is 1.56. The van der Waals surface area contributed by atoms with Gasteiger partial charge in [-0.1, -0.05) is 29.5 Å². The van der Waals surface area contributed by atoms with Gasteiger partial charge in [-0.2, -0.15) is 5.10 Å². The summed E-state index contributed by atoms with van der Waals surface area (Å²) in [6, 6.07) is 15.0. The first-order valence-corrected chi connectivity index (χ1v) is 7.60. The fraction of sp³-hybridized carbons (Fsp3) is 0.176. The van der Waals surface area contributed by atoms with E-state index in [1.54, 1.807) is 6.21 Å². The fourth-order valence-corrected chi connectivity index (χ4v) is 2.25. The summed E-state index contributed by atoms with van der Waals surface area (Å²) >= 11 is 0. The monoisotopic (exact) mass is 323 g/mol. The Kier molecular flexibility index (Phi) is 4.81. The third-order valence-corrected chi connectivity index (χ3v) is 3.33. The third-order valence-electron chi connectivity index (χ3n) is 3.33. The van der Waals surface area contributed by atoms with Gasteiger partial charge in [0.1, 0.15) is 17.8 Å². The van der Waals surface area contributed by atoms with E-state index < -0.39 is 0 Å². The number of fused-ring (bicyclic) bond motifs is 1. The molecule has 3 aromatic rings. The van der Waals surface area contributed by atoms with Gasteiger partial charge in [-0.15, -0.1) is 5.10 Å². The van der Waals surface area contributed by atoms with E-state index in [9.17, 15) is 4.79 Å². The van der Waals surface area contributed by atoms with E-state index in [0.717, 1.165) is 22.3 Å². The number of carbonyl (C=O) groups excluding carboxylic acids is 1. The maximum absolute atomic E-state index is 12.0. The molecule has 0 spiro atoms. The molecule has 0 fully saturated rings. The van der Waals surface area contributed by atoms with Gasteiger partial charge >= 0.3 is 0 Å². The van der Waals surface area contributed by atoms with E-state index in [2.05, 4.69) is 20.8 Å². The number of hydrogen-bond acceptors (Lipinski definition) is 5. The van der Waals surface area contributed by atoms with Gasteiger partial charge in [0.2, 0.25) is 0 Å². The molecule has 0 radical (unpaired) electrons.